The van der Waals surface area contributed by atoms with Crippen LogP contribution in [0.1, 0.15) is 25.7 Å². The van der Waals surface area contributed by atoms with E-state index in [4.69, 9.17) is 12.2 Å². The van der Waals surface area contributed by atoms with Gasteiger partial charge >= 0.3 is 0 Å². The van der Waals surface area contributed by atoms with E-state index >= 15 is 0 Å². The number of nitrogens with one attached hydrogen (secondary N) is 1. The van der Waals surface area contributed by atoms with Gasteiger partial charge in [0.05, 0.1) is 0 Å². The van der Waals surface area contributed by atoms with Gasteiger partial charge in [0.1, 0.15) is 0 Å². The molecule has 0 aromatic heterocycles. The lowest BCUT2D eigenvalue weighted by Crippen LogP contribution is -2.53. The molecule has 96 valence electrons. The topological polar surface area (TPSA) is 18.5 Å². The quantitative estimate of drug-likeness (QED) is 0.710. The number of piperazine rings is 1. The average Bonchev–Trinajstić information content (AvgIpc) is 2.91. The third kappa shape index (κ3) is 2.43. The van der Waals surface area contributed by atoms with Crippen LogP contribution in [0.4, 0.5) is 0 Å². The summed E-state index contributed by atoms with van der Waals surface area (Å²) in [4.78, 5) is 4.72. The molecular formula is C13H23N3S. The number of nitrogens with zero attached hydrogens (tertiary/aromatic N) is 2. The lowest BCUT2D eigenvalue weighted by atomic mass is 9.95. The third-order valence-electron chi connectivity index (χ3n) is 4.84. The van der Waals surface area contributed by atoms with Crippen LogP contribution in [0.2, 0.25) is 0 Å². The highest BCUT2D eigenvalue weighted by Crippen LogP contribution is 2.44. The fourth-order valence-corrected chi connectivity index (χ4v) is 4.01. The zero-order chi connectivity index (χ0) is 11.8. The normalized spacial score (nSPS) is 37.5. The fraction of sp³-hybridized carbons (Fsp3) is 0.923. The van der Waals surface area contributed by atoms with E-state index in [2.05, 4.69) is 22.2 Å². The molecule has 3 nitrogen and oxygen atoms in total. The van der Waals surface area contributed by atoms with Crippen LogP contribution in [0.25, 0.3) is 0 Å². The van der Waals surface area contributed by atoms with Crippen molar-refractivity contribution in [3.8, 4) is 0 Å². The van der Waals surface area contributed by atoms with Gasteiger partial charge in [0.25, 0.3) is 0 Å². The second-order valence-corrected chi connectivity index (χ2v) is 6.41. The van der Waals surface area contributed by atoms with Gasteiger partial charge < -0.3 is 15.1 Å². The van der Waals surface area contributed by atoms with E-state index < -0.39 is 0 Å². The molecule has 0 unspecified atom stereocenters. The Kier molecular flexibility index (Phi) is 3.26. The monoisotopic (exact) mass is 253 g/mol. The molecule has 2 bridgehead atoms. The predicted molar refractivity (Wildman–Crippen MR) is 74.0 cm³/mol. The highest BCUT2D eigenvalue weighted by atomic mass is 32.1. The van der Waals surface area contributed by atoms with Crippen LogP contribution in [0.3, 0.4) is 0 Å². The van der Waals surface area contributed by atoms with Crippen molar-refractivity contribution >= 4 is 17.3 Å². The molecule has 17 heavy (non-hydrogen) atoms. The molecule has 2 saturated carbocycles. The van der Waals surface area contributed by atoms with Gasteiger partial charge in [-0.3, -0.25) is 0 Å². The number of thiocarbonyl (C=S) groups is 1. The SMILES string of the molecule is CN1CCN(C(=S)N[C@H]2C[C@H]3CC[C@@H]2C3)CC1. The summed E-state index contributed by atoms with van der Waals surface area (Å²) in [6.45, 7) is 4.45. The molecule has 1 saturated heterocycles. The van der Waals surface area contributed by atoms with Crippen LogP contribution in [0.15, 0.2) is 0 Å². The van der Waals surface area contributed by atoms with Crippen LogP contribution in [-0.2, 0) is 0 Å². The molecular weight excluding hydrogens is 230 g/mol. The van der Waals surface area contributed by atoms with Gasteiger partial charge in [-0.15, -0.1) is 0 Å². The van der Waals surface area contributed by atoms with E-state index in [-0.39, 0.29) is 0 Å². The van der Waals surface area contributed by atoms with Gasteiger partial charge in [0, 0.05) is 32.2 Å². The molecule has 1 aliphatic heterocycles. The predicted octanol–water partition coefficient (Wildman–Crippen LogP) is 1.30. The van der Waals surface area contributed by atoms with Gasteiger partial charge in [0.15, 0.2) is 5.11 Å². The summed E-state index contributed by atoms with van der Waals surface area (Å²) in [5, 5.41) is 4.64. The Hall–Kier alpha value is -0.350. The molecule has 3 rings (SSSR count). The zero-order valence-corrected chi connectivity index (χ0v) is 11.5. The standard InChI is InChI=1S/C13H23N3S/c1-15-4-6-16(7-5-15)13(17)14-12-9-10-2-3-11(12)8-10/h10-12H,2-9H2,1H3,(H,14,17)/t10-,11+,12-/m0/s1. The van der Waals surface area contributed by atoms with E-state index in [1.54, 1.807) is 0 Å². The lowest BCUT2D eigenvalue weighted by molar-refractivity contribution is 0.211. The maximum atomic E-state index is 5.56. The smallest absolute Gasteiger partial charge is 0.169 e. The Balaban J connectivity index is 1.50. The van der Waals surface area contributed by atoms with Crippen LogP contribution in [-0.4, -0.2) is 54.2 Å². The Morgan fingerprint density at radius 1 is 1.12 bits per heavy atom. The highest BCUT2D eigenvalue weighted by Gasteiger charge is 2.40. The Bertz CT molecular complexity index is 299. The first-order chi connectivity index (χ1) is 8.22. The van der Waals surface area contributed by atoms with Gasteiger partial charge in [-0.1, -0.05) is 6.42 Å². The minimum atomic E-state index is 0.681. The third-order valence-corrected chi connectivity index (χ3v) is 5.21. The van der Waals surface area contributed by atoms with Crippen molar-refractivity contribution in [3.63, 3.8) is 0 Å². The molecule has 2 aliphatic carbocycles. The van der Waals surface area contributed by atoms with E-state index in [1.165, 1.54) is 25.7 Å². The molecule has 3 aliphatic rings. The van der Waals surface area contributed by atoms with Crippen molar-refractivity contribution < 1.29 is 0 Å². The summed E-state index contributed by atoms with van der Waals surface area (Å²) < 4.78 is 0. The number of likely N-dealkylation sites (N-methyl/N-ethyl adjacent to an activating group) is 1. The molecule has 0 spiro atoms. The molecule has 0 amide bonds. The van der Waals surface area contributed by atoms with Crippen molar-refractivity contribution in [1.29, 1.82) is 0 Å². The lowest BCUT2D eigenvalue weighted by Gasteiger charge is -2.36. The van der Waals surface area contributed by atoms with Crippen molar-refractivity contribution in [2.24, 2.45) is 11.8 Å². The summed E-state index contributed by atoms with van der Waals surface area (Å²) >= 11 is 5.56. The molecule has 3 atom stereocenters. The molecule has 0 aromatic carbocycles. The van der Waals surface area contributed by atoms with Crippen LogP contribution in [0.5, 0.6) is 0 Å². The minimum absolute atomic E-state index is 0.681. The molecule has 1 N–H and O–H groups in total. The van der Waals surface area contributed by atoms with Crippen LogP contribution < -0.4 is 5.32 Å². The fourth-order valence-electron chi connectivity index (χ4n) is 3.68. The van der Waals surface area contributed by atoms with E-state index in [0.717, 1.165) is 43.1 Å². The van der Waals surface area contributed by atoms with E-state index in [1.807, 2.05) is 0 Å². The molecule has 3 fully saturated rings. The Morgan fingerprint density at radius 3 is 2.47 bits per heavy atom. The second-order valence-electron chi connectivity index (χ2n) is 6.02. The maximum Gasteiger partial charge on any atom is 0.169 e. The number of fused-ring (bicyclic) bond motifs is 2. The summed E-state index contributed by atoms with van der Waals surface area (Å²) in [6.07, 6.45) is 5.69. The first-order valence-electron chi connectivity index (χ1n) is 6.96. The molecule has 0 radical (unpaired) electrons. The summed E-state index contributed by atoms with van der Waals surface area (Å²) in [5.74, 6) is 1.90. The first kappa shape index (κ1) is 11.7. The number of hydrogen-bond acceptors (Lipinski definition) is 2. The van der Waals surface area contributed by atoms with Gasteiger partial charge in [0.2, 0.25) is 0 Å². The largest absolute Gasteiger partial charge is 0.360 e. The van der Waals surface area contributed by atoms with Crippen molar-refractivity contribution in [3.05, 3.63) is 0 Å². The summed E-state index contributed by atoms with van der Waals surface area (Å²) in [7, 11) is 2.18. The Labute approximate surface area is 110 Å². The summed E-state index contributed by atoms with van der Waals surface area (Å²) in [5.41, 5.74) is 0. The first-order valence-corrected chi connectivity index (χ1v) is 7.37. The van der Waals surface area contributed by atoms with Crippen LogP contribution >= 0.6 is 12.2 Å². The van der Waals surface area contributed by atoms with Gasteiger partial charge in [-0.05, 0) is 50.4 Å². The number of rotatable bonds is 1. The minimum Gasteiger partial charge on any atom is -0.360 e. The van der Waals surface area contributed by atoms with E-state index in [0.29, 0.717) is 6.04 Å². The Morgan fingerprint density at radius 2 is 1.88 bits per heavy atom. The van der Waals surface area contributed by atoms with Crippen LogP contribution in [0, 0.1) is 11.8 Å². The van der Waals surface area contributed by atoms with E-state index in [9.17, 15) is 0 Å². The highest BCUT2D eigenvalue weighted by molar-refractivity contribution is 7.80. The van der Waals surface area contributed by atoms with Crippen molar-refractivity contribution in [1.82, 2.24) is 15.1 Å². The molecule has 1 heterocycles. The van der Waals surface area contributed by atoms with Gasteiger partial charge in [-0.25, -0.2) is 0 Å². The molecule has 0 aromatic rings. The average molecular weight is 253 g/mol. The second kappa shape index (κ2) is 4.73. The van der Waals surface area contributed by atoms with Gasteiger partial charge in [-0.2, -0.15) is 0 Å². The van der Waals surface area contributed by atoms with Crippen molar-refractivity contribution in [2.45, 2.75) is 31.7 Å². The molecule has 4 heteroatoms. The summed E-state index contributed by atoms with van der Waals surface area (Å²) in [6, 6.07) is 0.681. The maximum absolute atomic E-state index is 5.56. The zero-order valence-electron chi connectivity index (χ0n) is 10.7. The number of hydrogen-bond donors (Lipinski definition) is 1. The van der Waals surface area contributed by atoms with Crippen molar-refractivity contribution in [2.75, 3.05) is 33.2 Å².